The van der Waals surface area contributed by atoms with Gasteiger partial charge in [0, 0.05) is 0 Å². The minimum atomic E-state index is -2.44. The monoisotopic (exact) mass is 659 g/mol. The van der Waals surface area contributed by atoms with E-state index >= 15 is 0 Å². The molecule has 0 bridgehead atoms. The molecule has 0 radical (unpaired) electrons. The Kier molecular flexibility index (Phi) is 5.99. The number of aromatic hydroxyl groups is 1. The molecule has 0 saturated carbocycles. The first-order valence-corrected chi connectivity index (χ1v) is 15.7. The Morgan fingerprint density at radius 3 is 2.40 bits per heavy atom. The molecule has 0 spiro atoms. The van der Waals surface area contributed by atoms with Gasteiger partial charge in [0.15, 0.2) is 0 Å². The molecule has 7 heteroatoms. The van der Waals surface area contributed by atoms with E-state index in [0.717, 1.165) is 26.6 Å². The van der Waals surface area contributed by atoms with E-state index < -0.39 is 8.07 Å². The fourth-order valence-electron chi connectivity index (χ4n) is 5.05. The molecule has 0 unspecified atom stereocenters. The van der Waals surface area contributed by atoms with Gasteiger partial charge in [0.05, 0.1) is 0 Å². The van der Waals surface area contributed by atoms with Gasteiger partial charge in [0.1, 0.15) is 0 Å². The second-order valence-electron chi connectivity index (χ2n) is 8.44. The van der Waals surface area contributed by atoms with Crippen molar-refractivity contribution in [1.82, 2.24) is 0 Å². The predicted octanol–water partition coefficient (Wildman–Crippen LogP) is 5.96. The van der Waals surface area contributed by atoms with Gasteiger partial charge in [-0.25, -0.2) is 0 Å². The zero-order chi connectivity index (χ0) is 22.0. The molecule has 4 rings (SSSR count). The number of nitrogens with zero attached hydrogens (tertiary/aromatic N) is 1. The van der Waals surface area contributed by atoms with Crippen molar-refractivity contribution < 1.29 is 9.90 Å². The third-order valence-electron chi connectivity index (χ3n) is 6.23. The number of benzene rings is 1. The van der Waals surface area contributed by atoms with Gasteiger partial charge in [-0.05, 0) is 0 Å². The van der Waals surface area contributed by atoms with E-state index in [-0.39, 0.29) is 20.3 Å². The average Bonchev–Trinajstić information content (AvgIpc) is 2.93. The third kappa shape index (κ3) is 3.15. The third-order valence-corrected chi connectivity index (χ3v) is 19.1. The van der Waals surface area contributed by atoms with E-state index in [9.17, 15) is 9.90 Å². The molecule has 0 fully saturated rings. The number of allylic oxidation sites excluding steroid dienone is 4. The number of ketones is 1. The molecule has 0 amide bonds. The average molecular weight is 659 g/mol. The molecule has 1 N–H and O–H groups in total. The summed E-state index contributed by atoms with van der Waals surface area (Å²) in [6, 6.07) is 3.75. The number of aryl methyl sites for hydroxylation is 1. The molecule has 0 saturated heterocycles. The number of hydrogen-bond acceptors (Lipinski definition) is 3. The van der Waals surface area contributed by atoms with Crippen molar-refractivity contribution in [3.05, 3.63) is 48.0 Å². The number of phenols is 1. The molecule has 30 heavy (non-hydrogen) atoms. The van der Waals surface area contributed by atoms with Crippen molar-refractivity contribution in [3.8, 4) is 15.8 Å². The summed E-state index contributed by atoms with van der Waals surface area (Å²) in [4.78, 5) is 17.4. The van der Waals surface area contributed by atoms with Gasteiger partial charge in [0.25, 0.3) is 0 Å². The van der Waals surface area contributed by atoms with Crippen LogP contribution in [0.4, 0.5) is 5.69 Å². The Balaban J connectivity index is 2.20. The number of carbonyl (C=O) groups is 1. The van der Waals surface area contributed by atoms with Crippen LogP contribution < -0.4 is 5.19 Å². The van der Waals surface area contributed by atoms with Gasteiger partial charge in [-0.1, -0.05) is 0 Å². The van der Waals surface area contributed by atoms with Crippen LogP contribution in [0, 0.1) is 10.5 Å². The summed E-state index contributed by atoms with van der Waals surface area (Å²) in [5, 5.41) is 13.5. The summed E-state index contributed by atoms with van der Waals surface area (Å²) in [6.07, 6.45) is 5.31. The summed E-state index contributed by atoms with van der Waals surface area (Å²) in [6.45, 7) is 11.2. The molecule has 2 aliphatic rings. The maximum absolute atomic E-state index is 12.4. The van der Waals surface area contributed by atoms with Crippen LogP contribution in [0.5, 0.6) is 5.75 Å². The van der Waals surface area contributed by atoms with E-state index in [2.05, 4.69) is 73.1 Å². The standard InChI is InChI=1S/C23H23BrINO2SeSi/c1-11(2)30(12(3)4)18-10-14(27)6-7-15(18)26-16-8-9-17(28)19(23(16)30)22-21(25)20(24)13(5)29-22/h6-12,28H,1-5H3. The van der Waals surface area contributed by atoms with Crippen LogP contribution in [-0.4, -0.2) is 39.2 Å². The van der Waals surface area contributed by atoms with Gasteiger partial charge < -0.3 is 0 Å². The van der Waals surface area contributed by atoms with Crippen molar-refractivity contribution in [3.63, 3.8) is 0 Å². The molecule has 0 atom stereocenters. The van der Waals surface area contributed by atoms with Crippen LogP contribution in [0.3, 0.4) is 0 Å². The van der Waals surface area contributed by atoms with E-state index in [0.29, 0.717) is 16.8 Å². The van der Waals surface area contributed by atoms with E-state index in [1.807, 2.05) is 18.2 Å². The second kappa shape index (κ2) is 8.00. The van der Waals surface area contributed by atoms with Gasteiger partial charge in [0.2, 0.25) is 0 Å². The molecule has 1 aliphatic heterocycles. The molecular weight excluding hydrogens is 636 g/mol. The summed E-state index contributed by atoms with van der Waals surface area (Å²) in [7, 11) is -2.44. The van der Waals surface area contributed by atoms with Gasteiger partial charge >= 0.3 is 208 Å². The summed E-state index contributed by atoms with van der Waals surface area (Å²) in [5.41, 5.74) is 3.53. The van der Waals surface area contributed by atoms with Crippen LogP contribution in [0.1, 0.15) is 32.1 Å². The zero-order valence-corrected chi connectivity index (χ0v) is 24.0. The van der Waals surface area contributed by atoms with Crippen molar-refractivity contribution in [2.24, 2.45) is 4.99 Å². The predicted molar refractivity (Wildman–Crippen MR) is 141 cm³/mol. The normalized spacial score (nSPS) is 17.2. The Bertz CT molecular complexity index is 1170. The van der Waals surface area contributed by atoms with Crippen molar-refractivity contribution in [2.45, 2.75) is 45.7 Å². The number of rotatable bonds is 3. The Labute approximate surface area is 206 Å². The number of hydrogen-bond donors (Lipinski definition) is 1. The molecular formula is C23H23BrINO2SeSi. The Morgan fingerprint density at radius 2 is 1.83 bits per heavy atom. The number of halogens is 2. The molecule has 1 aromatic heterocycles. The van der Waals surface area contributed by atoms with Gasteiger partial charge in [-0.15, -0.1) is 0 Å². The first kappa shape index (κ1) is 22.5. The molecule has 3 nitrogen and oxygen atoms in total. The van der Waals surface area contributed by atoms with Crippen molar-refractivity contribution >= 4 is 83.5 Å². The molecule has 2 aromatic rings. The maximum atomic E-state index is 12.4. The minimum absolute atomic E-state index is 0.0337. The second-order valence-corrected chi connectivity index (χ2v) is 18.0. The first-order valence-electron chi connectivity index (χ1n) is 9.95. The van der Waals surface area contributed by atoms with Crippen LogP contribution in [-0.2, 0) is 4.79 Å². The van der Waals surface area contributed by atoms with Crippen LogP contribution in [0.2, 0.25) is 11.1 Å². The van der Waals surface area contributed by atoms with Crippen LogP contribution in [0.15, 0.2) is 45.0 Å². The fourth-order valence-corrected chi connectivity index (χ4v) is 16.1. The topological polar surface area (TPSA) is 49.7 Å². The number of phenolic OH excluding ortho intramolecular Hbond substituents is 1. The number of fused-ring (bicyclic) bond motifs is 2. The fraction of sp³-hybridized carbons (Fsp3) is 0.304. The summed E-state index contributed by atoms with van der Waals surface area (Å²) >= 11 is 6.28. The molecule has 2 heterocycles. The Hall–Kier alpha value is -0.734. The molecule has 1 aliphatic carbocycles. The van der Waals surface area contributed by atoms with Crippen molar-refractivity contribution in [2.75, 3.05) is 0 Å². The van der Waals surface area contributed by atoms with E-state index in [1.165, 1.54) is 17.6 Å². The van der Waals surface area contributed by atoms with Gasteiger partial charge in [-0.2, -0.15) is 0 Å². The van der Waals surface area contributed by atoms with Crippen molar-refractivity contribution in [1.29, 1.82) is 0 Å². The molecule has 1 aromatic carbocycles. The number of carbonyl (C=O) groups excluding carboxylic acids is 1. The quantitative estimate of drug-likeness (QED) is 0.252. The SMILES string of the molecule is Cc1[se]c(-c2c(O)ccc3c2[Si](C(C)C)(C(C)C)C2=CC(=O)C=CC2=N3)c(I)c1Br. The molecule has 156 valence electrons. The summed E-state index contributed by atoms with van der Waals surface area (Å²) in [5.74, 6) is 0.358. The van der Waals surface area contributed by atoms with Crippen LogP contribution >= 0.6 is 38.5 Å². The van der Waals surface area contributed by atoms with Gasteiger partial charge in [-0.3, -0.25) is 0 Å². The first-order chi connectivity index (χ1) is 14.1. The number of aliphatic imine (C=N–C) groups is 1. The summed E-state index contributed by atoms with van der Waals surface area (Å²) < 4.78 is 4.87. The van der Waals surface area contributed by atoms with E-state index in [1.54, 1.807) is 12.1 Å². The Morgan fingerprint density at radius 1 is 1.17 bits per heavy atom. The van der Waals surface area contributed by atoms with Crippen LogP contribution in [0.25, 0.3) is 10.0 Å². The van der Waals surface area contributed by atoms with E-state index in [4.69, 9.17) is 4.99 Å². The zero-order valence-electron chi connectivity index (χ0n) is 17.5.